The smallest absolute Gasteiger partial charge is 0.355 e. The number of hydrogen-bond donors (Lipinski definition) is 2. The molecule has 0 aliphatic heterocycles. The second kappa shape index (κ2) is 13.5. The molecule has 2 rings (SSSR count). The molecule has 0 fully saturated rings. The molecule has 2 N–H and O–H groups in total. The molecular formula is C24H28O12. The van der Waals surface area contributed by atoms with Gasteiger partial charge in [0.1, 0.15) is 39.9 Å². The Morgan fingerprint density at radius 3 is 1.53 bits per heavy atom. The number of carbonyl (C=O) groups excluding carboxylic acids is 1. The third-order valence-corrected chi connectivity index (χ3v) is 4.91. The number of carboxylic acids is 2. The fraction of sp³-hybridized carbons (Fsp3) is 0.375. The molecule has 0 atom stereocenters. The maximum atomic E-state index is 12.0. The lowest BCUT2D eigenvalue weighted by Gasteiger charge is -2.13. The van der Waals surface area contributed by atoms with Gasteiger partial charge in [0.2, 0.25) is 0 Å². The van der Waals surface area contributed by atoms with E-state index in [0.717, 1.165) is 0 Å². The molecule has 0 heterocycles. The molecule has 0 aliphatic carbocycles. The Kier molecular flexibility index (Phi) is 10.5. The van der Waals surface area contributed by atoms with E-state index < -0.39 is 17.9 Å². The van der Waals surface area contributed by atoms with Crippen molar-refractivity contribution in [2.75, 3.05) is 35.0 Å². The van der Waals surface area contributed by atoms with E-state index in [1.807, 2.05) is 0 Å². The highest BCUT2D eigenvalue weighted by atomic mass is 17.2. The zero-order valence-electron chi connectivity index (χ0n) is 20.3. The number of ether oxygens (including phenoxy) is 5. The van der Waals surface area contributed by atoms with Crippen LogP contribution >= 0.6 is 0 Å². The van der Waals surface area contributed by atoms with Gasteiger partial charge in [-0.1, -0.05) is 0 Å². The predicted octanol–water partition coefficient (Wildman–Crippen LogP) is 3.59. The van der Waals surface area contributed by atoms with Crippen molar-refractivity contribution in [3.05, 3.63) is 35.4 Å². The highest BCUT2D eigenvalue weighted by Gasteiger charge is 2.21. The number of aromatic carboxylic acids is 2. The van der Waals surface area contributed by atoms with Crippen molar-refractivity contribution in [1.82, 2.24) is 0 Å². The highest BCUT2D eigenvalue weighted by Crippen LogP contribution is 2.35. The van der Waals surface area contributed by atoms with Crippen molar-refractivity contribution >= 4 is 17.9 Å². The number of methoxy groups -OCH3 is 4. The van der Waals surface area contributed by atoms with Gasteiger partial charge in [-0.2, -0.15) is 0 Å². The SMILES string of the molecule is COc1cc(OCCCCCC(=O)OOc2cc(OC)c(C(=O)O)c(OC)c2)cc(OC)c1C(=O)O. The summed E-state index contributed by atoms with van der Waals surface area (Å²) in [6, 6.07) is 5.47. The van der Waals surface area contributed by atoms with E-state index in [-0.39, 0.29) is 46.3 Å². The lowest BCUT2D eigenvalue weighted by Crippen LogP contribution is -2.09. The molecule has 0 unspecified atom stereocenters. The Bertz CT molecular complexity index is 1030. The van der Waals surface area contributed by atoms with Crippen LogP contribution in [-0.2, 0) is 9.68 Å². The van der Waals surface area contributed by atoms with Crippen LogP contribution in [0.3, 0.4) is 0 Å². The minimum absolute atomic E-state index is 0.0132. The summed E-state index contributed by atoms with van der Waals surface area (Å²) in [5.74, 6) is -2.40. The second-order valence-electron chi connectivity index (χ2n) is 7.21. The fourth-order valence-corrected chi connectivity index (χ4v) is 3.20. The number of unbranched alkanes of at least 4 members (excludes halogenated alkanes) is 2. The van der Waals surface area contributed by atoms with Gasteiger partial charge < -0.3 is 33.9 Å². The van der Waals surface area contributed by atoms with E-state index in [1.54, 1.807) is 0 Å². The van der Waals surface area contributed by atoms with Gasteiger partial charge in [-0.15, -0.1) is 0 Å². The molecule has 0 spiro atoms. The van der Waals surface area contributed by atoms with E-state index >= 15 is 0 Å². The molecule has 2 aromatic rings. The fourth-order valence-electron chi connectivity index (χ4n) is 3.20. The molecule has 0 radical (unpaired) electrons. The average Bonchev–Trinajstić information content (AvgIpc) is 2.87. The quantitative estimate of drug-likeness (QED) is 0.205. The minimum atomic E-state index is -1.24. The van der Waals surface area contributed by atoms with Crippen LogP contribution < -0.4 is 28.6 Å². The molecular weight excluding hydrogens is 480 g/mol. The predicted molar refractivity (Wildman–Crippen MR) is 124 cm³/mol. The number of carbonyl (C=O) groups is 3. The van der Waals surface area contributed by atoms with Gasteiger partial charge in [0.15, 0.2) is 5.75 Å². The minimum Gasteiger partial charge on any atom is -0.496 e. The van der Waals surface area contributed by atoms with Crippen LogP contribution in [0.2, 0.25) is 0 Å². The topological polar surface area (TPSA) is 156 Å². The lowest BCUT2D eigenvalue weighted by molar-refractivity contribution is -0.214. The molecule has 12 heteroatoms. The zero-order valence-corrected chi connectivity index (χ0v) is 20.3. The molecule has 0 saturated carbocycles. The van der Waals surface area contributed by atoms with Crippen molar-refractivity contribution in [2.24, 2.45) is 0 Å². The number of carboxylic acid groups (broad SMARTS) is 2. The largest absolute Gasteiger partial charge is 0.496 e. The first-order valence-corrected chi connectivity index (χ1v) is 10.7. The Hall–Kier alpha value is -4.35. The molecule has 36 heavy (non-hydrogen) atoms. The van der Waals surface area contributed by atoms with Gasteiger partial charge in [0.25, 0.3) is 0 Å². The van der Waals surface area contributed by atoms with E-state index in [0.29, 0.717) is 31.6 Å². The van der Waals surface area contributed by atoms with Crippen LogP contribution in [-0.4, -0.2) is 63.2 Å². The molecule has 0 aromatic heterocycles. The molecule has 0 bridgehead atoms. The van der Waals surface area contributed by atoms with E-state index in [9.17, 15) is 24.6 Å². The van der Waals surface area contributed by atoms with E-state index in [4.69, 9.17) is 33.5 Å². The third kappa shape index (κ3) is 7.32. The lowest BCUT2D eigenvalue weighted by atomic mass is 10.1. The van der Waals surface area contributed by atoms with Crippen LogP contribution in [0.1, 0.15) is 46.4 Å². The summed E-state index contributed by atoms with van der Waals surface area (Å²) in [7, 11) is 5.29. The van der Waals surface area contributed by atoms with Gasteiger partial charge in [-0.3, -0.25) is 9.78 Å². The summed E-state index contributed by atoms with van der Waals surface area (Å²) in [4.78, 5) is 44.5. The standard InChI is InChI=1S/C24H28O12/c1-30-16-10-14(11-17(31-2)21(16)23(26)27)34-9-7-5-6-8-20(25)36-35-15-12-18(32-3)22(24(28)29)19(13-15)33-4/h10-13H,5-9H2,1-4H3,(H,26,27)(H,28,29). The monoisotopic (exact) mass is 508 g/mol. The first-order chi connectivity index (χ1) is 17.2. The molecule has 0 aliphatic rings. The number of rotatable bonds is 15. The summed E-state index contributed by atoms with van der Waals surface area (Å²) >= 11 is 0. The van der Waals surface area contributed by atoms with Crippen molar-refractivity contribution in [1.29, 1.82) is 0 Å². The summed E-state index contributed by atoms with van der Waals surface area (Å²) in [5, 5.41) is 18.6. The van der Waals surface area contributed by atoms with Crippen LogP contribution in [0.25, 0.3) is 0 Å². The van der Waals surface area contributed by atoms with Crippen molar-refractivity contribution < 1.29 is 58.1 Å². The Morgan fingerprint density at radius 1 is 0.667 bits per heavy atom. The Labute approximate surface area is 207 Å². The maximum Gasteiger partial charge on any atom is 0.355 e. The summed E-state index contributed by atoms with van der Waals surface area (Å²) < 4.78 is 26.0. The normalized spacial score (nSPS) is 10.2. The number of hydrogen-bond acceptors (Lipinski definition) is 10. The van der Waals surface area contributed by atoms with Gasteiger partial charge in [0.05, 0.1) is 41.5 Å². The molecule has 2 aromatic carbocycles. The summed E-state index contributed by atoms with van der Waals surface area (Å²) in [6.07, 6.45) is 1.84. The van der Waals surface area contributed by atoms with Crippen molar-refractivity contribution in [3.8, 4) is 34.5 Å². The number of benzene rings is 2. The van der Waals surface area contributed by atoms with Crippen LogP contribution in [0, 0.1) is 0 Å². The summed E-state index contributed by atoms with van der Waals surface area (Å²) in [6.45, 7) is 0.319. The first-order valence-electron chi connectivity index (χ1n) is 10.7. The molecule has 0 saturated heterocycles. The van der Waals surface area contributed by atoms with Crippen molar-refractivity contribution in [3.63, 3.8) is 0 Å². The van der Waals surface area contributed by atoms with E-state index in [2.05, 4.69) is 0 Å². The Morgan fingerprint density at radius 2 is 1.11 bits per heavy atom. The summed E-state index contributed by atoms with van der Waals surface area (Å²) in [5.41, 5.74) is -0.279. The second-order valence-corrected chi connectivity index (χ2v) is 7.21. The molecule has 12 nitrogen and oxygen atoms in total. The zero-order chi connectivity index (χ0) is 26.7. The van der Waals surface area contributed by atoms with Gasteiger partial charge in [-0.05, 0) is 19.3 Å². The average molecular weight is 508 g/mol. The first kappa shape index (κ1) is 27.9. The van der Waals surface area contributed by atoms with Crippen LogP contribution in [0.5, 0.6) is 34.5 Å². The maximum absolute atomic E-state index is 12.0. The van der Waals surface area contributed by atoms with Crippen LogP contribution in [0.4, 0.5) is 0 Å². The van der Waals surface area contributed by atoms with Crippen molar-refractivity contribution in [2.45, 2.75) is 25.7 Å². The molecule has 196 valence electrons. The van der Waals surface area contributed by atoms with Gasteiger partial charge in [-0.25, -0.2) is 14.4 Å². The molecule has 0 amide bonds. The highest BCUT2D eigenvalue weighted by molar-refractivity contribution is 5.95. The van der Waals surface area contributed by atoms with Crippen LogP contribution in [0.15, 0.2) is 24.3 Å². The Balaban J connectivity index is 1.79. The van der Waals surface area contributed by atoms with Gasteiger partial charge >= 0.3 is 17.9 Å². The van der Waals surface area contributed by atoms with Gasteiger partial charge in [0, 0.05) is 24.3 Å². The third-order valence-electron chi connectivity index (χ3n) is 4.91. The van der Waals surface area contributed by atoms with E-state index in [1.165, 1.54) is 52.7 Å².